The minimum absolute atomic E-state index is 0.261. The molecule has 0 aliphatic carbocycles. The number of hydrogen-bond acceptors (Lipinski definition) is 4. The van der Waals surface area contributed by atoms with Crippen molar-refractivity contribution in [1.82, 2.24) is 4.98 Å². The lowest BCUT2D eigenvalue weighted by atomic mass is 10.1. The minimum Gasteiger partial charge on any atom is -0.369 e. The Morgan fingerprint density at radius 3 is 2.58 bits per heavy atom. The van der Waals surface area contributed by atoms with E-state index >= 15 is 0 Å². The van der Waals surface area contributed by atoms with Gasteiger partial charge in [-0.25, -0.2) is 0 Å². The molecule has 1 aromatic heterocycles. The van der Waals surface area contributed by atoms with Crippen molar-refractivity contribution >= 4 is 34.8 Å². The molecule has 0 aliphatic heterocycles. The largest absolute Gasteiger partial charge is 0.369 e. The van der Waals surface area contributed by atoms with E-state index in [-0.39, 0.29) is 17.4 Å². The van der Waals surface area contributed by atoms with Crippen molar-refractivity contribution in [1.29, 1.82) is 0 Å². The molecule has 2 aromatic rings. The van der Waals surface area contributed by atoms with E-state index in [0.717, 1.165) is 0 Å². The van der Waals surface area contributed by atoms with Gasteiger partial charge in [-0.05, 0) is 44.2 Å². The maximum Gasteiger partial charge on any atom is 0.257 e. The molecule has 1 atom stereocenters. The van der Waals surface area contributed by atoms with Crippen LogP contribution < -0.4 is 10.6 Å². The van der Waals surface area contributed by atoms with E-state index in [0.29, 0.717) is 23.0 Å². The zero-order chi connectivity index (χ0) is 17.5. The van der Waals surface area contributed by atoms with Crippen molar-refractivity contribution in [3.8, 4) is 0 Å². The van der Waals surface area contributed by atoms with Crippen LogP contribution in [0.5, 0.6) is 0 Å². The Morgan fingerprint density at radius 2 is 1.92 bits per heavy atom. The zero-order valence-electron chi connectivity index (χ0n) is 13.4. The molecule has 0 spiro atoms. The van der Waals surface area contributed by atoms with Crippen LogP contribution in [0, 0.1) is 0 Å². The SMILES string of the molecule is CCO[C@@H](C)C(=O)Nc1ccc(Cl)cc1C(=O)Nc1ccncc1. The minimum atomic E-state index is -0.623. The van der Waals surface area contributed by atoms with Crippen molar-refractivity contribution in [2.24, 2.45) is 0 Å². The van der Waals surface area contributed by atoms with Gasteiger partial charge in [0.1, 0.15) is 6.10 Å². The molecule has 0 aliphatic rings. The molecule has 0 bridgehead atoms. The molecule has 7 heteroatoms. The van der Waals surface area contributed by atoms with Crippen LogP contribution in [-0.2, 0) is 9.53 Å². The van der Waals surface area contributed by atoms with E-state index < -0.39 is 6.10 Å². The number of carbonyl (C=O) groups is 2. The fraction of sp³-hybridized carbons (Fsp3) is 0.235. The lowest BCUT2D eigenvalue weighted by molar-refractivity contribution is -0.126. The number of halogens is 1. The van der Waals surface area contributed by atoms with Gasteiger partial charge in [-0.1, -0.05) is 11.6 Å². The third kappa shape index (κ3) is 4.78. The van der Waals surface area contributed by atoms with E-state index in [2.05, 4.69) is 15.6 Å². The van der Waals surface area contributed by atoms with Crippen LogP contribution in [-0.4, -0.2) is 29.5 Å². The Hall–Kier alpha value is -2.44. The summed E-state index contributed by atoms with van der Waals surface area (Å²) >= 11 is 5.99. The summed E-state index contributed by atoms with van der Waals surface area (Å²) in [5.41, 5.74) is 1.22. The van der Waals surface area contributed by atoms with Crippen molar-refractivity contribution in [3.63, 3.8) is 0 Å². The number of nitrogens with one attached hydrogen (secondary N) is 2. The van der Waals surface area contributed by atoms with Gasteiger partial charge in [0, 0.05) is 29.7 Å². The fourth-order valence-corrected chi connectivity index (χ4v) is 2.18. The summed E-state index contributed by atoms with van der Waals surface area (Å²) < 4.78 is 5.25. The number of anilines is 2. The number of pyridine rings is 1. The summed E-state index contributed by atoms with van der Waals surface area (Å²) in [6.07, 6.45) is 2.52. The molecule has 1 aromatic carbocycles. The summed E-state index contributed by atoms with van der Waals surface area (Å²) in [5.74, 6) is -0.722. The summed E-state index contributed by atoms with van der Waals surface area (Å²) in [5, 5.41) is 5.82. The number of carbonyl (C=O) groups excluding carboxylic acids is 2. The van der Waals surface area contributed by atoms with Gasteiger partial charge in [-0.2, -0.15) is 0 Å². The summed E-state index contributed by atoms with van der Waals surface area (Å²) in [6.45, 7) is 3.87. The van der Waals surface area contributed by atoms with Gasteiger partial charge < -0.3 is 15.4 Å². The molecule has 2 rings (SSSR count). The number of hydrogen-bond donors (Lipinski definition) is 2. The number of nitrogens with zero attached hydrogens (tertiary/aromatic N) is 1. The topological polar surface area (TPSA) is 80.3 Å². The molecule has 0 unspecified atom stereocenters. The Morgan fingerprint density at radius 1 is 1.21 bits per heavy atom. The number of benzene rings is 1. The smallest absolute Gasteiger partial charge is 0.257 e. The van der Waals surface area contributed by atoms with Gasteiger partial charge >= 0.3 is 0 Å². The van der Waals surface area contributed by atoms with Gasteiger partial charge in [-0.15, -0.1) is 0 Å². The maximum absolute atomic E-state index is 12.5. The average Bonchev–Trinajstić information content (AvgIpc) is 2.57. The highest BCUT2D eigenvalue weighted by atomic mass is 35.5. The molecular weight excluding hydrogens is 330 g/mol. The van der Waals surface area contributed by atoms with Gasteiger partial charge in [0.05, 0.1) is 11.3 Å². The molecule has 0 fully saturated rings. The Labute approximate surface area is 145 Å². The van der Waals surface area contributed by atoms with Crippen LogP contribution in [0.2, 0.25) is 5.02 Å². The molecule has 6 nitrogen and oxygen atoms in total. The molecule has 2 amide bonds. The first kappa shape index (κ1) is 17.9. The van der Waals surface area contributed by atoms with Gasteiger partial charge in [0.15, 0.2) is 0 Å². The van der Waals surface area contributed by atoms with Gasteiger partial charge in [0.25, 0.3) is 11.8 Å². The summed E-state index contributed by atoms with van der Waals surface area (Å²) in [6, 6.07) is 8.01. The second-order valence-corrected chi connectivity index (χ2v) is 5.40. The molecular formula is C17H18ClN3O3. The quantitative estimate of drug-likeness (QED) is 0.839. The lowest BCUT2D eigenvalue weighted by Crippen LogP contribution is -2.28. The van der Waals surface area contributed by atoms with E-state index in [1.54, 1.807) is 50.5 Å². The second-order valence-electron chi connectivity index (χ2n) is 4.97. The zero-order valence-corrected chi connectivity index (χ0v) is 14.1. The predicted octanol–water partition coefficient (Wildman–Crippen LogP) is 3.35. The molecule has 1 heterocycles. The first-order valence-electron chi connectivity index (χ1n) is 7.44. The van der Waals surface area contributed by atoms with Crippen molar-refractivity contribution in [2.75, 3.05) is 17.2 Å². The third-order valence-electron chi connectivity index (χ3n) is 3.21. The normalized spacial score (nSPS) is 11.6. The van der Waals surface area contributed by atoms with Crippen LogP contribution in [0.3, 0.4) is 0 Å². The Bertz CT molecular complexity index is 722. The number of aromatic nitrogens is 1. The molecule has 0 saturated carbocycles. The van der Waals surface area contributed by atoms with Crippen LogP contribution in [0.1, 0.15) is 24.2 Å². The standard InChI is InChI=1S/C17H18ClN3O3/c1-3-24-11(2)16(22)21-15-5-4-12(18)10-14(15)17(23)20-13-6-8-19-9-7-13/h4-11H,3H2,1-2H3,(H,21,22)(H,19,20,23)/t11-/m0/s1. The van der Waals surface area contributed by atoms with E-state index in [4.69, 9.17) is 16.3 Å². The predicted molar refractivity (Wildman–Crippen MR) is 93.4 cm³/mol. The number of amides is 2. The van der Waals surface area contributed by atoms with Gasteiger partial charge in [-0.3, -0.25) is 14.6 Å². The highest BCUT2D eigenvalue weighted by molar-refractivity contribution is 6.31. The molecule has 2 N–H and O–H groups in total. The van der Waals surface area contributed by atoms with E-state index in [9.17, 15) is 9.59 Å². The lowest BCUT2D eigenvalue weighted by Gasteiger charge is -2.15. The summed E-state index contributed by atoms with van der Waals surface area (Å²) in [7, 11) is 0. The average molecular weight is 348 g/mol. The van der Waals surface area contributed by atoms with Crippen LogP contribution >= 0.6 is 11.6 Å². The van der Waals surface area contributed by atoms with Gasteiger partial charge in [0.2, 0.25) is 0 Å². The molecule has 126 valence electrons. The van der Waals surface area contributed by atoms with Crippen molar-refractivity contribution in [3.05, 3.63) is 53.3 Å². The van der Waals surface area contributed by atoms with Crippen LogP contribution in [0.15, 0.2) is 42.7 Å². The van der Waals surface area contributed by atoms with Crippen LogP contribution in [0.25, 0.3) is 0 Å². The first-order chi connectivity index (χ1) is 11.5. The number of rotatable bonds is 6. The fourth-order valence-electron chi connectivity index (χ4n) is 2.01. The van der Waals surface area contributed by atoms with Crippen molar-refractivity contribution in [2.45, 2.75) is 20.0 Å². The van der Waals surface area contributed by atoms with Crippen LogP contribution in [0.4, 0.5) is 11.4 Å². The molecule has 24 heavy (non-hydrogen) atoms. The highest BCUT2D eigenvalue weighted by Gasteiger charge is 2.18. The number of ether oxygens (including phenoxy) is 1. The highest BCUT2D eigenvalue weighted by Crippen LogP contribution is 2.22. The second kappa shape index (κ2) is 8.42. The molecule has 0 radical (unpaired) electrons. The Balaban J connectivity index is 2.21. The molecule has 0 saturated heterocycles. The van der Waals surface area contributed by atoms with E-state index in [1.807, 2.05) is 0 Å². The summed E-state index contributed by atoms with van der Waals surface area (Å²) in [4.78, 5) is 28.5. The Kier molecular flexibility index (Phi) is 6.28. The van der Waals surface area contributed by atoms with E-state index in [1.165, 1.54) is 6.07 Å². The third-order valence-corrected chi connectivity index (χ3v) is 3.44. The monoisotopic (exact) mass is 347 g/mol. The first-order valence-corrected chi connectivity index (χ1v) is 7.82. The maximum atomic E-state index is 12.5. The van der Waals surface area contributed by atoms with Crippen molar-refractivity contribution < 1.29 is 14.3 Å².